The lowest BCUT2D eigenvalue weighted by atomic mass is 10.1. The highest BCUT2D eigenvalue weighted by molar-refractivity contribution is 5.80. The molecule has 1 fully saturated rings. The average molecular weight is 355 g/mol. The Bertz CT molecular complexity index is 899. The molecule has 3 aromatic rings. The molecule has 8 heteroatoms. The molecule has 1 aromatic carbocycles. The van der Waals surface area contributed by atoms with Gasteiger partial charge < -0.3 is 24.5 Å². The molecule has 0 aliphatic heterocycles. The summed E-state index contributed by atoms with van der Waals surface area (Å²) in [6, 6.07) is 8.42. The molecule has 2 N–H and O–H groups in total. The van der Waals surface area contributed by atoms with Gasteiger partial charge in [0.25, 0.3) is 0 Å². The van der Waals surface area contributed by atoms with Crippen LogP contribution in [0.3, 0.4) is 0 Å². The van der Waals surface area contributed by atoms with Crippen molar-refractivity contribution in [2.75, 3.05) is 7.11 Å². The van der Waals surface area contributed by atoms with E-state index in [-0.39, 0.29) is 19.2 Å². The van der Waals surface area contributed by atoms with Gasteiger partial charge in [-0.1, -0.05) is 11.2 Å². The van der Waals surface area contributed by atoms with Crippen LogP contribution in [0.25, 0.3) is 10.9 Å². The van der Waals surface area contributed by atoms with Gasteiger partial charge in [0, 0.05) is 31.4 Å². The van der Waals surface area contributed by atoms with Crippen LogP contribution >= 0.6 is 0 Å². The first kappa shape index (κ1) is 16.6. The van der Waals surface area contributed by atoms with E-state index in [0.29, 0.717) is 24.3 Å². The van der Waals surface area contributed by atoms with Gasteiger partial charge in [-0.3, -0.25) is 0 Å². The third-order valence-electron chi connectivity index (χ3n) is 4.39. The highest BCUT2D eigenvalue weighted by atomic mass is 16.5. The normalized spacial score (nSPS) is 13.9. The molecule has 0 unspecified atom stereocenters. The number of carbonyl (C=O) groups excluding carboxylic acids is 1. The molecule has 0 saturated heterocycles. The minimum absolute atomic E-state index is 0.117. The predicted octanol–water partition coefficient (Wildman–Crippen LogP) is 2.57. The summed E-state index contributed by atoms with van der Waals surface area (Å²) >= 11 is 0. The summed E-state index contributed by atoms with van der Waals surface area (Å²) in [5.74, 6) is 0.838. The number of rotatable bonds is 7. The van der Waals surface area contributed by atoms with Gasteiger partial charge in [-0.25, -0.2) is 4.79 Å². The van der Waals surface area contributed by atoms with E-state index in [1.165, 1.54) is 0 Å². The van der Waals surface area contributed by atoms with Gasteiger partial charge in [-0.05, 0) is 42.0 Å². The average Bonchev–Trinajstić information content (AvgIpc) is 3.20. The van der Waals surface area contributed by atoms with E-state index in [4.69, 9.17) is 9.26 Å². The van der Waals surface area contributed by atoms with Crippen LogP contribution in [-0.2, 0) is 24.4 Å². The highest BCUT2D eigenvalue weighted by Gasteiger charge is 2.32. The number of hydrogen-bond donors (Lipinski definition) is 2. The third-order valence-corrected chi connectivity index (χ3v) is 4.39. The molecule has 1 aliphatic carbocycles. The Morgan fingerprint density at radius 3 is 3.12 bits per heavy atom. The Morgan fingerprint density at radius 1 is 1.42 bits per heavy atom. The van der Waals surface area contributed by atoms with E-state index in [1.54, 1.807) is 7.11 Å². The molecule has 1 saturated carbocycles. The number of urea groups is 1. The Kier molecular flexibility index (Phi) is 4.57. The van der Waals surface area contributed by atoms with Crippen LogP contribution in [0.5, 0.6) is 0 Å². The Hall–Kier alpha value is -2.87. The maximum Gasteiger partial charge on any atom is 0.318 e. The van der Waals surface area contributed by atoms with E-state index in [2.05, 4.69) is 32.6 Å². The molecule has 2 aromatic heterocycles. The highest BCUT2D eigenvalue weighted by Crippen LogP contribution is 2.29. The summed E-state index contributed by atoms with van der Waals surface area (Å²) in [5, 5.41) is 7.81. The second-order valence-electron chi connectivity index (χ2n) is 6.45. The zero-order chi connectivity index (χ0) is 17.9. The van der Waals surface area contributed by atoms with Crippen molar-refractivity contribution in [2.24, 2.45) is 0 Å². The molecule has 4 rings (SSSR count). The number of methoxy groups -OCH3 is 1. The minimum atomic E-state index is -0.117. The number of ether oxygens (including phenoxy) is 1. The van der Waals surface area contributed by atoms with Crippen molar-refractivity contribution in [3.63, 3.8) is 0 Å². The summed E-state index contributed by atoms with van der Waals surface area (Å²) in [7, 11) is 1.57. The number of H-pyrrole nitrogens is 1. The third kappa shape index (κ3) is 3.70. The molecule has 0 spiro atoms. The van der Waals surface area contributed by atoms with Crippen molar-refractivity contribution in [3.8, 4) is 0 Å². The molecule has 1 aliphatic rings. The number of nitrogens with one attached hydrogen (secondary N) is 2. The minimum Gasteiger partial charge on any atom is -0.377 e. The van der Waals surface area contributed by atoms with Crippen LogP contribution in [-0.4, -0.2) is 39.2 Å². The van der Waals surface area contributed by atoms with E-state index >= 15 is 0 Å². The molecule has 8 nitrogen and oxygen atoms in total. The first-order chi connectivity index (χ1) is 12.7. The summed E-state index contributed by atoms with van der Waals surface area (Å²) in [4.78, 5) is 21.9. The second kappa shape index (κ2) is 7.17. The maximum absolute atomic E-state index is 12.6. The fourth-order valence-electron chi connectivity index (χ4n) is 2.95. The first-order valence-corrected chi connectivity index (χ1v) is 8.64. The zero-order valence-corrected chi connectivity index (χ0v) is 14.6. The molecule has 0 bridgehead atoms. The first-order valence-electron chi connectivity index (χ1n) is 8.64. The lowest BCUT2D eigenvalue weighted by Crippen LogP contribution is -2.40. The van der Waals surface area contributed by atoms with E-state index < -0.39 is 0 Å². The zero-order valence-electron chi connectivity index (χ0n) is 14.6. The van der Waals surface area contributed by atoms with E-state index in [0.717, 1.165) is 29.3 Å². The largest absolute Gasteiger partial charge is 0.377 e. The molecule has 136 valence electrons. The Balaban J connectivity index is 1.39. The Morgan fingerprint density at radius 2 is 2.31 bits per heavy atom. The molecular formula is C18H21N5O3. The van der Waals surface area contributed by atoms with Gasteiger partial charge in [-0.2, -0.15) is 4.98 Å². The summed E-state index contributed by atoms with van der Waals surface area (Å²) in [6.45, 7) is 1.07. The number of benzene rings is 1. The van der Waals surface area contributed by atoms with Crippen molar-refractivity contribution in [1.82, 2.24) is 25.3 Å². The van der Waals surface area contributed by atoms with E-state index in [9.17, 15) is 4.79 Å². The lowest BCUT2D eigenvalue weighted by molar-refractivity contribution is 0.174. The number of nitrogens with zero attached hydrogens (tertiary/aromatic N) is 3. The van der Waals surface area contributed by atoms with Gasteiger partial charge >= 0.3 is 6.03 Å². The fraction of sp³-hybridized carbons (Fsp3) is 0.389. The monoisotopic (exact) mass is 355 g/mol. The van der Waals surface area contributed by atoms with Crippen LogP contribution < -0.4 is 5.32 Å². The van der Waals surface area contributed by atoms with Gasteiger partial charge in [0.15, 0.2) is 5.82 Å². The van der Waals surface area contributed by atoms with Gasteiger partial charge in [0.05, 0.1) is 6.54 Å². The summed E-state index contributed by atoms with van der Waals surface area (Å²) in [5.41, 5.74) is 2.21. The number of aromatic nitrogens is 3. The smallest absolute Gasteiger partial charge is 0.318 e. The molecule has 26 heavy (non-hydrogen) atoms. The quantitative estimate of drug-likeness (QED) is 0.679. The van der Waals surface area contributed by atoms with Crippen molar-refractivity contribution >= 4 is 16.9 Å². The molecule has 2 heterocycles. The summed E-state index contributed by atoms with van der Waals surface area (Å²) in [6.07, 6.45) is 4.00. The van der Waals surface area contributed by atoms with Crippen molar-refractivity contribution < 1.29 is 14.1 Å². The van der Waals surface area contributed by atoms with Crippen LogP contribution in [0, 0.1) is 0 Å². The van der Waals surface area contributed by atoms with Gasteiger partial charge in [0.1, 0.15) is 6.61 Å². The van der Waals surface area contributed by atoms with Gasteiger partial charge in [0.2, 0.25) is 5.89 Å². The lowest BCUT2D eigenvalue weighted by Gasteiger charge is -2.22. The fourth-order valence-corrected chi connectivity index (χ4v) is 2.95. The Labute approximate surface area is 150 Å². The van der Waals surface area contributed by atoms with Crippen LogP contribution in [0.1, 0.15) is 30.1 Å². The molecule has 0 radical (unpaired) electrons. The van der Waals surface area contributed by atoms with Crippen LogP contribution in [0.15, 0.2) is 35.0 Å². The number of carbonyl (C=O) groups is 1. The molecule has 2 amide bonds. The van der Waals surface area contributed by atoms with Crippen LogP contribution in [0.2, 0.25) is 0 Å². The number of hydrogen-bond acceptors (Lipinski definition) is 5. The van der Waals surface area contributed by atoms with Crippen molar-refractivity contribution in [2.45, 2.75) is 38.6 Å². The number of aromatic amines is 1. The van der Waals surface area contributed by atoms with E-state index in [1.807, 2.05) is 23.2 Å². The number of amides is 2. The summed E-state index contributed by atoms with van der Waals surface area (Å²) < 4.78 is 10.1. The maximum atomic E-state index is 12.6. The molecular weight excluding hydrogens is 334 g/mol. The molecule has 0 atom stereocenters. The standard InChI is InChI=1S/C18H21N5O3/c1-25-11-16-21-17(26-22-16)9-20-18(24)23(14-3-4-14)10-12-2-5-15-13(8-12)6-7-19-15/h2,5-8,14,19H,3-4,9-11H2,1H3,(H,20,24). The SMILES string of the molecule is COCc1noc(CNC(=O)N(Cc2ccc3[nH]ccc3c2)C2CC2)n1. The van der Waals surface area contributed by atoms with Crippen LogP contribution in [0.4, 0.5) is 4.79 Å². The predicted molar refractivity (Wildman–Crippen MR) is 94.1 cm³/mol. The van der Waals surface area contributed by atoms with Crippen molar-refractivity contribution in [3.05, 3.63) is 47.7 Å². The van der Waals surface area contributed by atoms with Gasteiger partial charge in [-0.15, -0.1) is 0 Å². The topological polar surface area (TPSA) is 96.3 Å². The second-order valence-corrected chi connectivity index (χ2v) is 6.45. The van der Waals surface area contributed by atoms with Crippen molar-refractivity contribution in [1.29, 1.82) is 0 Å². The number of fused-ring (bicyclic) bond motifs is 1.